The van der Waals surface area contributed by atoms with E-state index < -0.39 is 0 Å². The van der Waals surface area contributed by atoms with Crippen LogP contribution in [0, 0.1) is 5.92 Å². The predicted octanol–water partition coefficient (Wildman–Crippen LogP) is -0.0334. The fraction of sp³-hybridized carbons (Fsp3) is 0.667. The molecular weight excluding hydrogens is 162 g/mol. The third-order valence-electron chi connectivity index (χ3n) is 1.83. The highest BCUT2D eigenvalue weighted by molar-refractivity contribution is 7.13. The lowest BCUT2D eigenvalue weighted by molar-refractivity contribution is 0.200. The lowest BCUT2D eigenvalue weighted by Gasteiger charge is -2.37. The summed E-state index contributed by atoms with van der Waals surface area (Å²) in [5.41, 5.74) is 1.72. The van der Waals surface area contributed by atoms with Crippen molar-refractivity contribution in [2.45, 2.75) is 0 Å². The van der Waals surface area contributed by atoms with Crippen molar-refractivity contribution in [1.82, 2.24) is 10.2 Å². The van der Waals surface area contributed by atoms with Gasteiger partial charge in [-0.3, -0.25) is 0 Å². The van der Waals surface area contributed by atoms with Gasteiger partial charge in [0.1, 0.15) is 5.51 Å². The Bertz CT molecular complexity index is 220. The molecule has 1 aromatic heterocycles. The Balaban J connectivity index is 1.92. The molecule has 0 radical (unpaired) electrons. The largest absolute Gasteiger partial charge is 0.396 e. The van der Waals surface area contributed by atoms with E-state index in [0.717, 1.165) is 18.2 Å². The number of hydrogen-bond donors (Lipinski definition) is 1. The summed E-state index contributed by atoms with van der Waals surface area (Å²) in [5, 5.41) is 17.4. The Hall–Kier alpha value is -0.680. The zero-order valence-electron chi connectivity index (χ0n) is 5.97. The van der Waals surface area contributed by atoms with E-state index in [2.05, 4.69) is 15.1 Å². The summed E-state index contributed by atoms with van der Waals surface area (Å²) >= 11 is 1.54. The first-order chi connectivity index (χ1) is 5.40. The standard InChI is InChI=1S/C6H9N3OS/c10-3-5-1-9(2-5)6-8-7-4-11-6/h4-5,10H,1-3H2. The monoisotopic (exact) mass is 171 g/mol. The maximum atomic E-state index is 8.74. The maximum Gasteiger partial charge on any atom is 0.208 e. The van der Waals surface area contributed by atoms with Gasteiger partial charge in [0.05, 0.1) is 0 Å². The van der Waals surface area contributed by atoms with Crippen molar-refractivity contribution < 1.29 is 5.11 Å². The van der Waals surface area contributed by atoms with E-state index in [0.29, 0.717) is 5.92 Å². The number of rotatable bonds is 2. The summed E-state index contributed by atoms with van der Waals surface area (Å²) in [6.45, 7) is 2.13. The van der Waals surface area contributed by atoms with E-state index in [9.17, 15) is 0 Å². The van der Waals surface area contributed by atoms with Crippen LogP contribution in [0.1, 0.15) is 0 Å². The van der Waals surface area contributed by atoms with Crippen LogP contribution in [0.2, 0.25) is 0 Å². The Labute approximate surface area is 68.5 Å². The van der Waals surface area contributed by atoms with Gasteiger partial charge in [0.15, 0.2) is 0 Å². The molecule has 1 N–H and O–H groups in total. The summed E-state index contributed by atoms with van der Waals surface area (Å²) in [7, 11) is 0. The van der Waals surface area contributed by atoms with Crippen molar-refractivity contribution in [2.75, 3.05) is 24.6 Å². The number of aliphatic hydroxyl groups excluding tert-OH is 1. The molecule has 1 aromatic rings. The lowest BCUT2D eigenvalue weighted by Crippen LogP contribution is -2.48. The second-order valence-corrected chi connectivity index (χ2v) is 3.49. The molecule has 0 aliphatic carbocycles. The topological polar surface area (TPSA) is 49.2 Å². The first-order valence-corrected chi connectivity index (χ1v) is 4.40. The molecule has 5 heteroatoms. The van der Waals surface area contributed by atoms with E-state index in [1.807, 2.05) is 0 Å². The molecule has 1 fully saturated rings. The minimum Gasteiger partial charge on any atom is -0.396 e. The highest BCUT2D eigenvalue weighted by Gasteiger charge is 2.27. The number of aliphatic hydroxyl groups is 1. The predicted molar refractivity (Wildman–Crippen MR) is 42.7 cm³/mol. The molecule has 0 atom stereocenters. The summed E-state index contributed by atoms with van der Waals surface area (Å²) in [4.78, 5) is 2.12. The van der Waals surface area contributed by atoms with Gasteiger partial charge in [0, 0.05) is 25.6 Å². The Kier molecular flexibility index (Phi) is 1.75. The second-order valence-electron chi connectivity index (χ2n) is 2.67. The fourth-order valence-corrected chi connectivity index (χ4v) is 1.73. The first kappa shape index (κ1) is 7.00. The van der Waals surface area contributed by atoms with Crippen LogP contribution in [0.3, 0.4) is 0 Å². The molecule has 0 aromatic carbocycles. The normalized spacial score (nSPS) is 18.5. The van der Waals surface area contributed by atoms with Gasteiger partial charge < -0.3 is 10.0 Å². The van der Waals surface area contributed by atoms with Crippen LogP contribution in [0.15, 0.2) is 5.51 Å². The highest BCUT2D eigenvalue weighted by atomic mass is 32.1. The molecular formula is C6H9N3OS. The van der Waals surface area contributed by atoms with Gasteiger partial charge in [-0.1, -0.05) is 11.3 Å². The van der Waals surface area contributed by atoms with E-state index >= 15 is 0 Å². The van der Waals surface area contributed by atoms with Crippen molar-refractivity contribution in [1.29, 1.82) is 0 Å². The second kappa shape index (κ2) is 2.75. The van der Waals surface area contributed by atoms with Gasteiger partial charge in [0.2, 0.25) is 5.13 Å². The molecule has 2 rings (SSSR count). The maximum absolute atomic E-state index is 8.74. The lowest BCUT2D eigenvalue weighted by atomic mass is 10.0. The molecule has 60 valence electrons. The smallest absolute Gasteiger partial charge is 0.208 e. The Morgan fingerprint density at radius 1 is 1.73 bits per heavy atom. The number of hydrogen-bond acceptors (Lipinski definition) is 5. The van der Waals surface area contributed by atoms with Crippen LogP contribution in [-0.2, 0) is 0 Å². The van der Waals surface area contributed by atoms with Crippen LogP contribution in [0.5, 0.6) is 0 Å². The van der Waals surface area contributed by atoms with Crippen LogP contribution >= 0.6 is 11.3 Å². The highest BCUT2D eigenvalue weighted by Crippen LogP contribution is 2.24. The number of nitrogens with zero attached hydrogens (tertiary/aromatic N) is 3. The quantitative estimate of drug-likeness (QED) is 0.678. The number of aromatic nitrogens is 2. The van der Waals surface area contributed by atoms with Gasteiger partial charge in [0.25, 0.3) is 0 Å². The third kappa shape index (κ3) is 1.21. The molecule has 0 unspecified atom stereocenters. The third-order valence-corrected chi connectivity index (χ3v) is 2.58. The summed E-state index contributed by atoms with van der Waals surface area (Å²) < 4.78 is 0. The fourth-order valence-electron chi connectivity index (χ4n) is 1.15. The minimum absolute atomic E-state index is 0.287. The van der Waals surface area contributed by atoms with E-state index in [4.69, 9.17) is 5.11 Å². The average Bonchev–Trinajstić information content (AvgIpc) is 2.37. The van der Waals surface area contributed by atoms with Crippen molar-refractivity contribution in [2.24, 2.45) is 5.92 Å². The summed E-state index contributed by atoms with van der Waals surface area (Å²) in [5.74, 6) is 0.443. The van der Waals surface area contributed by atoms with Crippen LogP contribution in [-0.4, -0.2) is 35.0 Å². The molecule has 2 heterocycles. The first-order valence-electron chi connectivity index (χ1n) is 3.52. The van der Waals surface area contributed by atoms with E-state index in [1.54, 1.807) is 16.8 Å². The average molecular weight is 171 g/mol. The molecule has 0 spiro atoms. The van der Waals surface area contributed by atoms with Crippen LogP contribution < -0.4 is 4.90 Å². The van der Waals surface area contributed by atoms with Crippen molar-refractivity contribution >= 4 is 16.5 Å². The van der Waals surface area contributed by atoms with Gasteiger partial charge in [-0.2, -0.15) is 0 Å². The molecule has 0 saturated carbocycles. The van der Waals surface area contributed by atoms with Crippen molar-refractivity contribution in [3.63, 3.8) is 0 Å². The minimum atomic E-state index is 0.287. The molecule has 1 saturated heterocycles. The van der Waals surface area contributed by atoms with Gasteiger partial charge in [-0.05, 0) is 0 Å². The van der Waals surface area contributed by atoms with Crippen LogP contribution in [0.25, 0.3) is 0 Å². The molecule has 1 aliphatic heterocycles. The van der Waals surface area contributed by atoms with Gasteiger partial charge in [-0.15, -0.1) is 10.2 Å². The zero-order chi connectivity index (χ0) is 7.68. The van der Waals surface area contributed by atoms with E-state index in [-0.39, 0.29) is 6.61 Å². The van der Waals surface area contributed by atoms with Gasteiger partial charge >= 0.3 is 0 Å². The molecule has 1 aliphatic rings. The number of anilines is 1. The Morgan fingerprint density at radius 2 is 2.55 bits per heavy atom. The Morgan fingerprint density at radius 3 is 3.09 bits per heavy atom. The van der Waals surface area contributed by atoms with E-state index in [1.165, 1.54) is 0 Å². The molecule has 11 heavy (non-hydrogen) atoms. The molecule has 0 amide bonds. The molecule has 0 bridgehead atoms. The SMILES string of the molecule is OCC1CN(c2nncs2)C1. The van der Waals surface area contributed by atoms with Crippen molar-refractivity contribution in [3.8, 4) is 0 Å². The summed E-state index contributed by atoms with van der Waals surface area (Å²) in [6, 6.07) is 0. The zero-order valence-corrected chi connectivity index (χ0v) is 6.79. The summed E-state index contributed by atoms with van der Waals surface area (Å²) in [6.07, 6.45) is 0. The van der Waals surface area contributed by atoms with Gasteiger partial charge in [-0.25, -0.2) is 0 Å². The van der Waals surface area contributed by atoms with Crippen molar-refractivity contribution in [3.05, 3.63) is 5.51 Å². The van der Waals surface area contributed by atoms with Crippen LogP contribution in [0.4, 0.5) is 5.13 Å². The molecule has 4 nitrogen and oxygen atoms in total.